The number of nitrogens with zero attached hydrogens (tertiary/aromatic N) is 5. The quantitative estimate of drug-likeness (QED) is 0.425. The number of hydrogen-bond donors (Lipinski definition) is 0. The van der Waals surface area contributed by atoms with E-state index in [-0.39, 0.29) is 0 Å². The van der Waals surface area contributed by atoms with Crippen LogP contribution in [-0.4, -0.2) is 54.2 Å². The molecule has 1 aliphatic rings. The molecule has 1 fully saturated rings. The van der Waals surface area contributed by atoms with Gasteiger partial charge in [-0.05, 0) is 64.1 Å². The fourth-order valence-electron chi connectivity index (χ4n) is 4.34. The van der Waals surface area contributed by atoms with Crippen LogP contribution < -0.4 is 19.4 Å². The second-order valence-corrected chi connectivity index (χ2v) is 8.77. The van der Waals surface area contributed by atoms with Crippen LogP contribution in [-0.2, 0) is 4.79 Å². The summed E-state index contributed by atoms with van der Waals surface area (Å²) in [6, 6.07) is 18.7. The third kappa shape index (κ3) is 4.97. The standard InChI is InChI=1S/C28H31N5O4/c1-6-31(7-2)24-18-17-23(20(4)29-24)33(28(36)37-22-11-9-8-10-12-22)25-26(34)32(27(35)30(25)5)21-15-13-19(3)14-16-21/h8-18,25H,6-7H2,1-5H3. The van der Waals surface area contributed by atoms with Crippen LogP contribution in [0.25, 0.3) is 0 Å². The number of para-hydroxylation sites is 1. The summed E-state index contributed by atoms with van der Waals surface area (Å²) in [6.45, 7) is 9.30. The van der Waals surface area contributed by atoms with Crippen LogP contribution in [0.4, 0.5) is 26.8 Å². The van der Waals surface area contributed by atoms with Crippen LogP contribution >= 0.6 is 0 Å². The van der Waals surface area contributed by atoms with Gasteiger partial charge in [0.1, 0.15) is 11.6 Å². The molecule has 3 aromatic rings. The Balaban J connectivity index is 1.78. The molecule has 1 atom stereocenters. The zero-order chi connectivity index (χ0) is 26.7. The maximum atomic E-state index is 13.7. The molecular formula is C28H31N5O4. The average Bonchev–Trinajstić information content (AvgIpc) is 3.10. The fourth-order valence-corrected chi connectivity index (χ4v) is 4.34. The first-order valence-corrected chi connectivity index (χ1v) is 12.2. The van der Waals surface area contributed by atoms with E-state index in [9.17, 15) is 14.4 Å². The Bertz CT molecular complexity index is 1290. The molecular weight excluding hydrogens is 470 g/mol. The summed E-state index contributed by atoms with van der Waals surface area (Å²) in [5, 5.41) is 0. The molecule has 2 aromatic carbocycles. The molecule has 1 aromatic heterocycles. The second kappa shape index (κ2) is 10.7. The summed E-state index contributed by atoms with van der Waals surface area (Å²) < 4.78 is 5.65. The number of hydrogen-bond acceptors (Lipinski definition) is 6. The summed E-state index contributed by atoms with van der Waals surface area (Å²) in [4.78, 5) is 51.0. The average molecular weight is 502 g/mol. The molecule has 1 aliphatic heterocycles. The molecule has 0 radical (unpaired) electrons. The molecule has 0 bridgehead atoms. The monoisotopic (exact) mass is 501 g/mol. The molecule has 0 aliphatic carbocycles. The number of urea groups is 1. The molecule has 1 unspecified atom stereocenters. The Morgan fingerprint density at radius 3 is 2.19 bits per heavy atom. The van der Waals surface area contributed by atoms with Crippen molar-refractivity contribution < 1.29 is 19.1 Å². The first-order valence-electron chi connectivity index (χ1n) is 12.2. The first-order chi connectivity index (χ1) is 17.8. The van der Waals surface area contributed by atoms with E-state index in [4.69, 9.17) is 9.72 Å². The number of benzene rings is 2. The lowest BCUT2D eigenvalue weighted by Crippen LogP contribution is -2.52. The number of rotatable bonds is 7. The summed E-state index contributed by atoms with van der Waals surface area (Å²) in [6.07, 6.45) is -2.06. The Morgan fingerprint density at radius 2 is 1.59 bits per heavy atom. The van der Waals surface area contributed by atoms with Gasteiger partial charge in [0.05, 0.1) is 17.1 Å². The van der Waals surface area contributed by atoms with Crippen LogP contribution in [0.15, 0.2) is 66.7 Å². The number of likely N-dealkylation sites (N-methyl/N-ethyl adjacent to an activating group) is 1. The van der Waals surface area contributed by atoms with Crippen molar-refractivity contribution in [2.24, 2.45) is 0 Å². The number of carbonyl (C=O) groups is 3. The minimum Gasteiger partial charge on any atom is -0.410 e. The SMILES string of the molecule is CCN(CC)c1ccc(N(C(=O)Oc2ccccc2)C2C(=O)N(c3ccc(C)cc3)C(=O)N2C)c(C)n1. The maximum absolute atomic E-state index is 13.7. The zero-order valence-corrected chi connectivity index (χ0v) is 21.7. The van der Waals surface area contributed by atoms with Gasteiger partial charge in [-0.2, -0.15) is 0 Å². The van der Waals surface area contributed by atoms with Gasteiger partial charge in [0.15, 0.2) is 6.17 Å². The normalized spacial score (nSPS) is 15.2. The molecule has 1 saturated heterocycles. The van der Waals surface area contributed by atoms with Gasteiger partial charge in [-0.1, -0.05) is 35.9 Å². The van der Waals surface area contributed by atoms with E-state index in [1.165, 1.54) is 16.8 Å². The van der Waals surface area contributed by atoms with Gasteiger partial charge in [-0.15, -0.1) is 0 Å². The van der Waals surface area contributed by atoms with Gasteiger partial charge in [0.2, 0.25) is 0 Å². The first kappa shape index (κ1) is 25.7. The highest BCUT2D eigenvalue weighted by molar-refractivity contribution is 6.23. The number of aromatic nitrogens is 1. The lowest BCUT2D eigenvalue weighted by Gasteiger charge is -2.31. The molecule has 0 saturated carbocycles. The summed E-state index contributed by atoms with van der Waals surface area (Å²) in [7, 11) is 1.49. The lowest BCUT2D eigenvalue weighted by molar-refractivity contribution is -0.119. The number of amides is 4. The topological polar surface area (TPSA) is 86.3 Å². The Morgan fingerprint density at radius 1 is 0.946 bits per heavy atom. The summed E-state index contributed by atoms with van der Waals surface area (Å²) in [5.74, 6) is 0.511. The molecule has 4 rings (SSSR count). The predicted octanol–water partition coefficient (Wildman–Crippen LogP) is 4.97. The van der Waals surface area contributed by atoms with Crippen LogP contribution in [0.2, 0.25) is 0 Å². The number of ether oxygens (including phenoxy) is 1. The number of aryl methyl sites for hydroxylation is 2. The summed E-state index contributed by atoms with van der Waals surface area (Å²) >= 11 is 0. The van der Waals surface area contributed by atoms with Crippen LogP contribution in [0, 0.1) is 13.8 Å². The largest absolute Gasteiger partial charge is 0.422 e. The Hall–Kier alpha value is -4.40. The molecule has 2 heterocycles. The number of anilines is 3. The van der Waals surface area contributed by atoms with Crippen molar-refractivity contribution >= 4 is 35.2 Å². The van der Waals surface area contributed by atoms with E-state index in [0.29, 0.717) is 22.8 Å². The van der Waals surface area contributed by atoms with Gasteiger partial charge < -0.3 is 9.64 Å². The molecule has 0 spiro atoms. The number of pyridine rings is 1. The van der Waals surface area contributed by atoms with E-state index in [1.54, 1.807) is 55.5 Å². The maximum Gasteiger partial charge on any atom is 0.422 e. The van der Waals surface area contributed by atoms with Crippen LogP contribution in [0.3, 0.4) is 0 Å². The van der Waals surface area contributed by atoms with Crippen molar-refractivity contribution in [2.45, 2.75) is 33.9 Å². The smallest absolute Gasteiger partial charge is 0.410 e. The van der Waals surface area contributed by atoms with Crippen LogP contribution in [0.1, 0.15) is 25.1 Å². The van der Waals surface area contributed by atoms with Gasteiger partial charge in [0.25, 0.3) is 5.91 Å². The third-order valence-electron chi connectivity index (χ3n) is 6.37. The summed E-state index contributed by atoms with van der Waals surface area (Å²) in [5.41, 5.74) is 2.33. The zero-order valence-electron chi connectivity index (χ0n) is 21.7. The van der Waals surface area contributed by atoms with E-state index < -0.39 is 24.2 Å². The van der Waals surface area contributed by atoms with Crippen molar-refractivity contribution in [3.8, 4) is 5.75 Å². The highest BCUT2D eigenvalue weighted by Crippen LogP contribution is 2.32. The molecule has 9 heteroatoms. The molecule has 9 nitrogen and oxygen atoms in total. The number of imide groups is 1. The Kier molecular flexibility index (Phi) is 7.42. The van der Waals surface area contributed by atoms with Crippen molar-refractivity contribution in [2.75, 3.05) is 34.8 Å². The fraction of sp³-hybridized carbons (Fsp3) is 0.286. The van der Waals surface area contributed by atoms with Gasteiger partial charge >= 0.3 is 12.1 Å². The van der Waals surface area contributed by atoms with Gasteiger partial charge in [-0.3, -0.25) is 9.69 Å². The second-order valence-electron chi connectivity index (χ2n) is 8.77. The van der Waals surface area contributed by atoms with Crippen molar-refractivity contribution in [3.63, 3.8) is 0 Å². The van der Waals surface area contributed by atoms with Gasteiger partial charge in [-0.25, -0.2) is 24.4 Å². The molecule has 192 valence electrons. The van der Waals surface area contributed by atoms with Crippen LogP contribution in [0.5, 0.6) is 5.75 Å². The van der Waals surface area contributed by atoms with Crippen molar-refractivity contribution in [3.05, 3.63) is 78.0 Å². The van der Waals surface area contributed by atoms with Crippen molar-refractivity contribution in [1.82, 2.24) is 9.88 Å². The van der Waals surface area contributed by atoms with Crippen molar-refractivity contribution in [1.29, 1.82) is 0 Å². The lowest BCUT2D eigenvalue weighted by atomic mass is 10.2. The highest BCUT2D eigenvalue weighted by Gasteiger charge is 2.50. The van der Waals surface area contributed by atoms with Gasteiger partial charge in [0, 0.05) is 20.1 Å². The van der Waals surface area contributed by atoms with E-state index >= 15 is 0 Å². The Labute approximate surface area is 216 Å². The molecule has 0 N–H and O–H groups in total. The minimum absolute atomic E-state index is 0.317. The highest BCUT2D eigenvalue weighted by atomic mass is 16.6. The molecule has 37 heavy (non-hydrogen) atoms. The predicted molar refractivity (Wildman–Crippen MR) is 143 cm³/mol. The minimum atomic E-state index is -1.26. The van der Waals surface area contributed by atoms with E-state index in [1.807, 2.05) is 39.0 Å². The molecule has 4 amide bonds. The van der Waals surface area contributed by atoms with E-state index in [0.717, 1.165) is 29.4 Å². The van der Waals surface area contributed by atoms with E-state index in [2.05, 4.69) is 4.90 Å². The number of carbonyl (C=O) groups excluding carboxylic acids is 3. The third-order valence-corrected chi connectivity index (χ3v) is 6.37.